The maximum Gasteiger partial charge on any atom is 0.321 e. The second kappa shape index (κ2) is 6.37. The Morgan fingerprint density at radius 2 is 1.89 bits per heavy atom. The van der Waals surface area contributed by atoms with Gasteiger partial charge in [0.25, 0.3) is 0 Å². The number of rotatable bonds is 5. The zero-order valence-electron chi connectivity index (χ0n) is 10.7. The van der Waals surface area contributed by atoms with Gasteiger partial charge in [0.15, 0.2) is 0 Å². The quantitative estimate of drug-likeness (QED) is 0.686. The van der Waals surface area contributed by atoms with Crippen LogP contribution in [0.5, 0.6) is 0 Å². The lowest BCUT2D eigenvalue weighted by Gasteiger charge is -2.33. The summed E-state index contributed by atoms with van der Waals surface area (Å²) in [6, 6.07) is -0.330. The van der Waals surface area contributed by atoms with Gasteiger partial charge in [-0.2, -0.15) is 0 Å². The van der Waals surface area contributed by atoms with Gasteiger partial charge in [-0.25, -0.2) is 4.79 Å². The van der Waals surface area contributed by atoms with Crippen molar-refractivity contribution in [3.8, 4) is 0 Å². The number of imide groups is 1. The van der Waals surface area contributed by atoms with Crippen molar-refractivity contribution in [2.24, 2.45) is 11.8 Å². The van der Waals surface area contributed by atoms with Crippen molar-refractivity contribution in [1.82, 2.24) is 10.6 Å². The number of urea groups is 1. The Hall–Kier alpha value is -1.59. The van der Waals surface area contributed by atoms with Gasteiger partial charge >= 0.3 is 12.0 Å². The van der Waals surface area contributed by atoms with E-state index in [1.54, 1.807) is 6.92 Å². The summed E-state index contributed by atoms with van der Waals surface area (Å²) in [6.45, 7) is 3.77. The summed E-state index contributed by atoms with van der Waals surface area (Å²) in [5.41, 5.74) is 0. The van der Waals surface area contributed by atoms with E-state index >= 15 is 0 Å². The molecule has 1 unspecified atom stereocenters. The topological polar surface area (TPSA) is 95.5 Å². The van der Waals surface area contributed by atoms with E-state index in [2.05, 4.69) is 17.6 Å². The number of carbonyl (C=O) groups is 3. The molecule has 0 bridgehead atoms. The summed E-state index contributed by atoms with van der Waals surface area (Å²) < 4.78 is 0. The van der Waals surface area contributed by atoms with Crippen molar-refractivity contribution in [3.63, 3.8) is 0 Å². The highest BCUT2D eigenvalue weighted by Gasteiger charge is 2.27. The molecule has 1 fully saturated rings. The SMILES string of the molecule is CC(CC(=O)O)CC(=O)NC(=O)NC1CC(C)C1. The summed E-state index contributed by atoms with van der Waals surface area (Å²) in [4.78, 5) is 33.3. The second-order valence-corrected chi connectivity index (χ2v) is 5.20. The number of amides is 3. The lowest BCUT2D eigenvalue weighted by Crippen LogP contribution is -2.49. The Labute approximate surface area is 106 Å². The normalized spacial score (nSPS) is 23.7. The zero-order chi connectivity index (χ0) is 13.7. The van der Waals surface area contributed by atoms with Crippen LogP contribution in [0.25, 0.3) is 0 Å². The lowest BCUT2D eigenvalue weighted by atomic mass is 9.82. The minimum Gasteiger partial charge on any atom is -0.481 e. The van der Waals surface area contributed by atoms with Gasteiger partial charge in [-0.1, -0.05) is 13.8 Å². The van der Waals surface area contributed by atoms with Gasteiger partial charge in [0.1, 0.15) is 0 Å². The molecule has 0 aromatic rings. The van der Waals surface area contributed by atoms with Gasteiger partial charge in [0, 0.05) is 18.9 Å². The summed E-state index contributed by atoms with van der Waals surface area (Å²) in [5, 5.41) is 13.5. The molecule has 1 rings (SSSR count). The Balaban J connectivity index is 2.18. The first-order valence-corrected chi connectivity index (χ1v) is 6.19. The van der Waals surface area contributed by atoms with Gasteiger partial charge in [0.05, 0.1) is 0 Å². The van der Waals surface area contributed by atoms with E-state index in [0.717, 1.165) is 12.8 Å². The van der Waals surface area contributed by atoms with E-state index in [1.807, 2.05) is 0 Å². The molecule has 1 atom stereocenters. The van der Waals surface area contributed by atoms with E-state index in [4.69, 9.17) is 5.11 Å². The van der Waals surface area contributed by atoms with Crippen molar-refractivity contribution >= 4 is 17.9 Å². The average molecular weight is 256 g/mol. The third kappa shape index (κ3) is 5.16. The molecule has 0 heterocycles. The van der Waals surface area contributed by atoms with Crippen LogP contribution < -0.4 is 10.6 Å². The minimum atomic E-state index is -0.941. The summed E-state index contributed by atoms with van der Waals surface area (Å²) in [5.74, 6) is -1.03. The van der Waals surface area contributed by atoms with Crippen LogP contribution in [0, 0.1) is 11.8 Å². The Morgan fingerprint density at radius 1 is 1.28 bits per heavy atom. The molecule has 3 amide bonds. The minimum absolute atomic E-state index is 0.0424. The lowest BCUT2D eigenvalue weighted by molar-refractivity contribution is -0.138. The van der Waals surface area contributed by atoms with E-state index in [-0.39, 0.29) is 24.8 Å². The highest BCUT2D eigenvalue weighted by Crippen LogP contribution is 2.25. The van der Waals surface area contributed by atoms with Crippen LogP contribution in [0.3, 0.4) is 0 Å². The smallest absolute Gasteiger partial charge is 0.321 e. The van der Waals surface area contributed by atoms with Crippen LogP contribution in [-0.4, -0.2) is 29.1 Å². The molecule has 1 saturated carbocycles. The van der Waals surface area contributed by atoms with Gasteiger partial charge < -0.3 is 10.4 Å². The number of carbonyl (C=O) groups excluding carboxylic acids is 2. The standard InChI is InChI=1S/C12H20N2O4/c1-7-3-9(4-7)13-12(18)14-10(15)5-8(2)6-11(16)17/h7-9H,3-6H2,1-2H3,(H,16,17)(H2,13,14,15,18). The van der Waals surface area contributed by atoms with Crippen molar-refractivity contribution in [2.75, 3.05) is 0 Å². The predicted molar refractivity (Wildman–Crippen MR) is 64.9 cm³/mol. The van der Waals surface area contributed by atoms with Crippen LogP contribution >= 0.6 is 0 Å². The number of carboxylic acids is 1. The molecule has 0 radical (unpaired) electrons. The molecule has 0 aromatic heterocycles. The number of hydrogen-bond donors (Lipinski definition) is 3. The van der Waals surface area contributed by atoms with Crippen molar-refractivity contribution < 1.29 is 19.5 Å². The van der Waals surface area contributed by atoms with Crippen molar-refractivity contribution in [2.45, 2.75) is 45.6 Å². The summed E-state index contributed by atoms with van der Waals surface area (Å²) in [6.07, 6.45) is 1.85. The molecule has 1 aliphatic carbocycles. The Morgan fingerprint density at radius 3 is 2.39 bits per heavy atom. The molecule has 18 heavy (non-hydrogen) atoms. The van der Waals surface area contributed by atoms with Crippen LogP contribution in [0.1, 0.15) is 39.5 Å². The third-order valence-electron chi connectivity index (χ3n) is 3.02. The van der Waals surface area contributed by atoms with E-state index in [9.17, 15) is 14.4 Å². The molecule has 0 spiro atoms. The fourth-order valence-electron chi connectivity index (χ4n) is 2.11. The van der Waals surface area contributed by atoms with E-state index in [1.165, 1.54) is 0 Å². The average Bonchev–Trinajstić information content (AvgIpc) is 2.12. The number of nitrogens with one attached hydrogen (secondary N) is 2. The second-order valence-electron chi connectivity index (χ2n) is 5.20. The molecule has 0 aliphatic heterocycles. The third-order valence-corrected chi connectivity index (χ3v) is 3.02. The molecular weight excluding hydrogens is 236 g/mol. The number of aliphatic carboxylic acids is 1. The summed E-state index contributed by atoms with van der Waals surface area (Å²) >= 11 is 0. The maximum atomic E-state index is 11.4. The molecule has 6 nitrogen and oxygen atoms in total. The van der Waals surface area contributed by atoms with Crippen molar-refractivity contribution in [3.05, 3.63) is 0 Å². The van der Waals surface area contributed by atoms with Gasteiger partial charge in [-0.15, -0.1) is 0 Å². The first-order valence-electron chi connectivity index (χ1n) is 6.19. The van der Waals surface area contributed by atoms with Crippen molar-refractivity contribution in [1.29, 1.82) is 0 Å². The molecular formula is C12H20N2O4. The van der Waals surface area contributed by atoms with E-state index in [0.29, 0.717) is 5.92 Å². The van der Waals surface area contributed by atoms with Gasteiger partial charge in [-0.3, -0.25) is 14.9 Å². The van der Waals surface area contributed by atoms with Crippen LogP contribution in [0.2, 0.25) is 0 Å². The predicted octanol–water partition coefficient (Wildman–Crippen LogP) is 1.11. The largest absolute Gasteiger partial charge is 0.481 e. The van der Waals surface area contributed by atoms with Gasteiger partial charge in [-0.05, 0) is 24.7 Å². The van der Waals surface area contributed by atoms with Crippen LogP contribution in [-0.2, 0) is 9.59 Å². The molecule has 1 aliphatic rings. The Kier molecular flexibility index (Phi) is 5.12. The summed E-state index contributed by atoms with van der Waals surface area (Å²) in [7, 11) is 0. The zero-order valence-corrected chi connectivity index (χ0v) is 10.7. The highest BCUT2D eigenvalue weighted by atomic mass is 16.4. The first-order chi connectivity index (χ1) is 8.36. The van der Waals surface area contributed by atoms with Crippen LogP contribution in [0.4, 0.5) is 4.79 Å². The fourth-order valence-corrected chi connectivity index (χ4v) is 2.11. The highest BCUT2D eigenvalue weighted by molar-refractivity contribution is 5.94. The maximum absolute atomic E-state index is 11.4. The van der Waals surface area contributed by atoms with E-state index < -0.39 is 17.9 Å². The van der Waals surface area contributed by atoms with Gasteiger partial charge in [0.2, 0.25) is 5.91 Å². The molecule has 6 heteroatoms. The molecule has 102 valence electrons. The van der Waals surface area contributed by atoms with Crippen LogP contribution in [0.15, 0.2) is 0 Å². The number of carboxylic acid groups (broad SMARTS) is 1. The number of hydrogen-bond acceptors (Lipinski definition) is 3. The fraction of sp³-hybridized carbons (Fsp3) is 0.750. The molecule has 0 saturated heterocycles. The molecule has 3 N–H and O–H groups in total. The monoisotopic (exact) mass is 256 g/mol. The first kappa shape index (κ1) is 14.5. The molecule has 0 aromatic carbocycles. The Bertz CT molecular complexity index is 337.